The van der Waals surface area contributed by atoms with Crippen molar-refractivity contribution in [3.8, 4) is 0 Å². The first-order chi connectivity index (χ1) is 10.3. The van der Waals surface area contributed by atoms with E-state index in [0.717, 1.165) is 38.2 Å². The maximum atomic E-state index is 12.0. The molecule has 1 aromatic heterocycles. The first-order valence-corrected chi connectivity index (χ1v) is 8.08. The number of nitrogens with one attached hydrogen (secondary N) is 1. The fourth-order valence-electron chi connectivity index (χ4n) is 2.58. The van der Waals surface area contributed by atoms with Crippen LogP contribution in [0, 0.1) is 5.92 Å². The Kier molecular flexibility index (Phi) is 5.51. The highest BCUT2D eigenvalue weighted by molar-refractivity contribution is 5.68. The van der Waals surface area contributed by atoms with Gasteiger partial charge in [-0.1, -0.05) is 0 Å². The molecule has 1 aromatic rings. The minimum absolute atomic E-state index is 0.0823. The Balaban J connectivity index is 1.70. The van der Waals surface area contributed by atoms with Gasteiger partial charge < -0.3 is 19.4 Å². The van der Waals surface area contributed by atoms with E-state index in [1.54, 1.807) is 4.90 Å². The molecule has 2 heterocycles. The molecule has 1 saturated heterocycles. The summed E-state index contributed by atoms with van der Waals surface area (Å²) in [6.07, 6.45) is 3.73. The van der Waals surface area contributed by atoms with Crippen LogP contribution in [0.4, 0.5) is 4.79 Å². The zero-order valence-electron chi connectivity index (χ0n) is 14.1. The number of rotatable bonds is 4. The third kappa shape index (κ3) is 5.05. The molecule has 1 fully saturated rings. The lowest BCUT2D eigenvalue weighted by Crippen LogP contribution is -2.42. The molecule has 0 spiro atoms. The molecule has 1 unspecified atom stereocenters. The number of likely N-dealkylation sites (tertiary alicyclic amines) is 1. The normalized spacial score (nSPS) is 18.3. The van der Waals surface area contributed by atoms with E-state index in [9.17, 15) is 4.79 Å². The molecule has 1 N–H and O–H groups in total. The van der Waals surface area contributed by atoms with Gasteiger partial charge in [-0.2, -0.15) is 0 Å². The van der Waals surface area contributed by atoms with Crippen LogP contribution in [0.5, 0.6) is 0 Å². The number of ether oxygens (including phenoxy) is 2. The summed E-state index contributed by atoms with van der Waals surface area (Å²) in [4.78, 5) is 17.0. The molecule has 22 heavy (non-hydrogen) atoms. The number of aromatic amines is 1. The molecular formula is C17H28N2O3. The Hall–Kier alpha value is -1.49. The Morgan fingerprint density at radius 2 is 2.09 bits per heavy atom. The predicted octanol–water partition coefficient (Wildman–Crippen LogP) is 3.74. The molecule has 5 nitrogen and oxygen atoms in total. The summed E-state index contributed by atoms with van der Waals surface area (Å²) in [5.41, 5.74) is 0.675. The van der Waals surface area contributed by atoms with E-state index in [1.165, 1.54) is 0 Å². The molecule has 1 aliphatic heterocycles. The largest absolute Gasteiger partial charge is 0.444 e. The van der Waals surface area contributed by atoms with Crippen molar-refractivity contribution in [1.29, 1.82) is 0 Å². The number of aromatic nitrogens is 1. The smallest absolute Gasteiger partial charge is 0.410 e. The van der Waals surface area contributed by atoms with Gasteiger partial charge >= 0.3 is 6.09 Å². The van der Waals surface area contributed by atoms with Crippen LogP contribution in [0.25, 0.3) is 0 Å². The van der Waals surface area contributed by atoms with Gasteiger partial charge in [0.25, 0.3) is 0 Å². The Morgan fingerprint density at radius 1 is 1.41 bits per heavy atom. The van der Waals surface area contributed by atoms with Crippen LogP contribution in [-0.2, 0) is 9.47 Å². The van der Waals surface area contributed by atoms with Crippen molar-refractivity contribution in [2.75, 3.05) is 19.7 Å². The first kappa shape index (κ1) is 16.9. The van der Waals surface area contributed by atoms with E-state index < -0.39 is 5.60 Å². The van der Waals surface area contributed by atoms with E-state index in [0.29, 0.717) is 5.92 Å². The Bertz CT molecular complexity index is 457. The fraction of sp³-hybridized carbons (Fsp3) is 0.706. The van der Waals surface area contributed by atoms with Gasteiger partial charge in [-0.3, -0.25) is 0 Å². The zero-order valence-corrected chi connectivity index (χ0v) is 14.1. The Morgan fingerprint density at radius 3 is 2.64 bits per heavy atom. The first-order valence-electron chi connectivity index (χ1n) is 8.08. The van der Waals surface area contributed by atoms with Crippen molar-refractivity contribution < 1.29 is 14.3 Å². The van der Waals surface area contributed by atoms with Gasteiger partial charge in [0, 0.05) is 25.0 Å². The van der Waals surface area contributed by atoms with Crippen molar-refractivity contribution in [3.05, 3.63) is 24.0 Å². The molecule has 1 aliphatic rings. The van der Waals surface area contributed by atoms with Gasteiger partial charge in [-0.25, -0.2) is 4.79 Å². The van der Waals surface area contributed by atoms with Crippen LogP contribution in [0.15, 0.2) is 18.3 Å². The highest BCUT2D eigenvalue weighted by atomic mass is 16.6. The minimum atomic E-state index is -0.428. The lowest BCUT2D eigenvalue weighted by molar-refractivity contribution is 0.000694. The second-order valence-electron chi connectivity index (χ2n) is 7.01. The molecule has 0 bridgehead atoms. The summed E-state index contributed by atoms with van der Waals surface area (Å²) in [7, 11) is 0. The highest BCUT2D eigenvalue weighted by Gasteiger charge is 2.27. The van der Waals surface area contributed by atoms with Gasteiger partial charge in [-0.05, 0) is 58.6 Å². The van der Waals surface area contributed by atoms with Crippen LogP contribution in [-0.4, -0.2) is 41.3 Å². The van der Waals surface area contributed by atoms with Crippen LogP contribution in [0.1, 0.15) is 52.3 Å². The maximum absolute atomic E-state index is 12.0. The van der Waals surface area contributed by atoms with Gasteiger partial charge in [0.15, 0.2) is 0 Å². The molecule has 0 aliphatic carbocycles. The third-order valence-electron chi connectivity index (χ3n) is 3.91. The summed E-state index contributed by atoms with van der Waals surface area (Å²) >= 11 is 0. The van der Waals surface area contributed by atoms with Crippen molar-refractivity contribution in [3.63, 3.8) is 0 Å². The van der Waals surface area contributed by atoms with Crippen molar-refractivity contribution >= 4 is 6.09 Å². The average Bonchev–Trinajstić information content (AvgIpc) is 2.97. The van der Waals surface area contributed by atoms with E-state index in [1.807, 2.05) is 39.1 Å². The Labute approximate surface area is 133 Å². The summed E-state index contributed by atoms with van der Waals surface area (Å²) in [5.74, 6) is 0.510. The van der Waals surface area contributed by atoms with Gasteiger partial charge in [0.05, 0.1) is 12.7 Å². The number of nitrogens with zero attached hydrogens (tertiary/aromatic N) is 1. The second-order valence-corrected chi connectivity index (χ2v) is 7.01. The SMILES string of the molecule is CC(OCC1CCN(C(=O)OC(C)(C)C)CC1)c1ccc[nH]1. The van der Waals surface area contributed by atoms with Crippen molar-refractivity contribution in [2.45, 2.75) is 52.2 Å². The van der Waals surface area contributed by atoms with E-state index in [4.69, 9.17) is 9.47 Å². The molecule has 5 heteroatoms. The lowest BCUT2D eigenvalue weighted by Gasteiger charge is -2.33. The van der Waals surface area contributed by atoms with Crippen LogP contribution in [0.2, 0.25) is 0 Å². The molecule has 2 rings (SSSR count). The van der Waals surface area contributed by atoms with Gasteiger partial charge in [0.2, 0.25) is 0 Å². The monoisotopic (exact) mass is 308 g/mol. The molecule has 124 valence electrons. The summed E-state index contributed by atoms with van der Waals surface area (Å²) in [5, 5.41) is 0. The van der Waals surface area contributed by atoms with Crippen LogP contribution >= 0.6 is 0 Å². The maximum Gasteiger partial charge on any atom is 0.410 e. The van der Waals surface area contributed by atoms with E-state index >= 15 is 0 Å². The number of hydrogen-bond donors (Lipinski definition) is 1. The summed E-state index contributed by atoms with van der Waals surface area (Å²) < 4.78 is 11.3. The average molecular weight is 308 g/mol. The number of piperidine rings is 1. The number of hydrogen-bond acceptors (Lipinski definition) is 3. The van der Waals surface area contributed by atoms with Gasteiger partial charge in [0.1, 0.15) is 5.60 Å². The molecule has 1 atom stereocenters. The summed E-state index contributed by atoms with van der Waals surface area (Å²) in [6, 6.07) is 4.02. The molecule has 0 aromatic carbocycles. The standard InChI is InChI=1S/C17H28N2O3/c1-13(15-6-5-9-18-15)21-12-14-7-10-19(11-8-14)16(20)22-17(2,3)4/h5-6,9,13-14,18H,7-8,10-12H2,1-4H3. The predicted molar refractivity (Wildman–Crippen MR) is 85.7 cm³/mol. The van der Waals surface area contributed by atoms with Crippen molar-refractivity contribution in [1.82, 2.24) is 9.88 Å². The zero-order chi connectivity index (χ0) is 16.2. The van der Waals surface area contributed by atoms with Crippen molar-refractivity contribution in [2.24, 2.45) is 5.92 Å². The molecule has 1 amide bonds. The topological polar surface area (TPSA) is 54.6 Å². The number of amides is 1. The fourth-order valence-corrected chi connectivity index (χ4v) is 2.58. The molecule has 0 radical (unpaired) electrons. The van der Waals surface area contributed by atoms with Crippen LogP contribution < -0.4 is 0 Å². The number of carbonyl (C=O) groups is 1. The quantitative estimate of drug-likeness (QED) is 0.922. The number of carbonyl (C=O) groups excluding carboxylic acids is 1. The molecule has 0 saturated carbocycles. The second kappa shape index (κ2) is 7.18. The molecular weight excluding hydrogens is 280 g/mol. The number of H-pyrrole nitrogens is 1. The van der Waals surface area contributed by atoms with Crippen LogP contribution in [0.3, 0.4) is 0 Å². The summed E-state index contributed by atoms with van der Waals surface area (Å²) in [6.45, 7) is 9.98. The highest BCUT2D eigenvalue weighted by Crippen LogP contribution is 2.22. The lowest BCUT2D eigenvalue weighted by atomic mass is 9.98. The third-order valence-corrected chi connectivity index (χ3v) is 3.91. The van der Waals surface area contributed by atoms with E-state index in [2.05, 4.69) is 11.9 Å². The minimum Gasteiger partial charge on any atom is -0.444 e. The van der Waals surface area contributed by atoms with Gasteiger partial charge in [-0.15, -0.1) is 0 Å². The van der Waals surface area contributed by atoms with E-state index in [-0.39, 0.29) is 12.2 Å².